The van der Waals surface area contributed by atoms with E-state index in [1.165, 1.54) is 11.3 Å². The lowest BCUT2D eigenvalue weighted by Gasteiger charge is -2.12. The van der Waals surface area contributed by atoms with Gasteiger partial charge in [0.05, 0.1) is 33.7 Å². The van der Waals surface area contributed by atoms with E-state index >= 15 is 0 Å². The Hall–Kier alpha value is -2.64. The second kappa shape index (κ2) is 6.51. The second-order valence-electron chi connectivity index (χ2n) is 6.03. The van der Waals surface area contributed by atoms with Gasteiger partial charge in [-0.25, -0.2) is 13.4 Å². The van der Waals surface area contributed by atoms with Gasteiger partial charge in [0.25, 0.3) is 0 Å². The highest BCUT2D eigenvalue weighted by atomic mass is 32.2. The van der Waals surface area contributed by atoms with Crippen LogP contribution in [0.1, 0.15) is 5.01 Å². The molecule has 0 aliphatic heterocycles. The molecule has 0 aliphatic rings. The summed E-state index contributed by atoms with van der Waals surface area (Å²) >= 11 is 1.47. The monoisotopic (exact) mass is 399 g/mol. The average molecular weight is 399 g/mol. The minimum Gasteiger partial charge on any atom is -0.493 e. The molecule has 0 saturated carbocycles. The van der Waals surface area contributed by atoms with Crippen molar-refractivity contribution in [1.82, 2.24) is 4.98 Å². The fourth-order valence-electron chi connectivity index (χ4n) is 3.13. The second-order valence-corrected chi connectivity index (χ2v) is 9.15. The molecule has 27 heavy (non-hydrogen) atoms. The molecule has 1 aromatic heterocycles. The molecule has 0 saturated heterocycles. The van der Waals surface area contributed by atoms with Crippen molar-refractivity contribution in [2.24, 2.45) is 0 Å². The molecule has 4 rings (SSSR count). The van der Waals surface area contributed by atoms with Crippen LogP contribution in [0.3, 0.4) is 0 Å². The minimum absolute atomic E-state index is 0.202. The summed E-state index contributed by atoms with van der Waals surface area (Å²) in [5.74, 6) is 1.14. The highest BCUT2D eigenvalue weighted by Crippen LogP contribution is 2.41. The summed E-state index contributed by atoms with van der Waals surface area (Å²) in [7, 11) is -0.574. The number of fused-ring (bicyclic) bond motifs is 3. The maximum atomic E-state index is 13.3. The van der Waals surface area contributed by atoms with Crippen molar-refractivity contribution >= 4 is 42.2 Å². The van der Waals surface area contributed by atoms with Crippen molar-refractivity contribution in [2.75, 3.05) is 14.2 Å². The lowest BCUT2D eigenvalue weighted by atomic mass is 10.1. The molecule has 3 aromatic carbocycles. The zero-order valence-electron chi connectivity index (χ0n) is 15.0. The summed E-state index contributed by atoms with van der Waals surface area (Å²) in [4.78, 5) is 4.97. The topological polar surface area (TPSA) is 65.5 Å². The van der Waals surface area contributed by atoms with Gasteiger partial charge in [0, 0.05) is 5.39 Å². The number of sulfone groups is 1. The van der Waals surface area contributed by atoms with Gasteiger partial charge >= 0.3 is 0 Å². The van der Waals surface area contributed by atoms with E-state index in [1.807, 2.05) is 13.0 Å². The van der Waals surface area contributed by atoms with Gasteiger partial charge in [-0.05, 0) is 42.6 Å². The molecule has 0 N–H and O–H groups in total. The van der Waals surface area contributed by atoms with Gasteiger partial charge in [0.15, 0.2) is 11.5 Å². The molecule has 0 radical (unpaired) electrons. The van der Waals surface area contributed by atoms with Crippen LogP contribution in [0.15, 0.2) is 58.3 Å². The third-order valence-corrected chi connectivity index (χ3v) is 7.18. The predicted molar refractivity (Wildman–Crippen MR) is 107 cm³/mol. The van der Waals surface area contributed by atoms with E-state index in [9.17, 15) is 8.42 Å². The SMILES string of the molecule is COc1cc2cc(S(=O)(=O)c3ccccc3)c3nc(C)sc3c2cc1OC. The van der Waals surface area contributed by atoms with Crippen molar-refractivity contribution in [3.63, 3.8) is 0 Å². The number of aromatic nitrogens is 1. The zero-order valence-corrected chi connectivity index (χ0v) is 16.6. The minimum atomic E-state index is -3.71. The predicted octanol–water partition coefficient (Wildman–Crippen LogP) is 4.61. The number of nitrogens with zero attached hydrogens (tertiary/aromatic N) is 1. The van der Waals surface area contributed by atoms with Crippen molar-refractivity contribution in [2.45, 2.75) is 16.7 Å². The molecule has 7 heteroatoms. The lowest BCUT2D eigenvalue weighted by Crippen LogP contribution is -2.03. The summed E-state index contributed by atoms with van der Waals surface area (Å²) < 4.78 is 38.2. The molecule has 0 aliphatic carbocycles. The van der Waals surface area contributed by atoms with Crippen LogP contribution in [0, 0.1) is 6.92 Å². The largest absolute Gasteiger partial charge is 0.493 e. The van der Waals surface area contributed by atoms with Crippen LogP contribution in [0.25, 0.3) is 21.0 Å². The Bertz CT molecular complexity index is 1260. The zero-order chi connectivity index (χ0) is 19.2. The number of hydrogen-bond donors (Lipinski definition) is 0. The van der Waals surface area contributed by atoms with E-state index in [4.69, 9.17) is 9.47 Å². The summed E-state index contributed by atoms with van der Waals surface area (Å²) in [6.45, 7) is 1.87. The molecule has 1 heterocycles. The van der Waals surface area contributed by atoms with E-state index in [0.717, 1.165) is 20.5 Å². The molecule has 5 nitrogen and oxygen atoms in total. The Kier molecular flexibility index (Phi) is 4.28. The number of hydrogen-bond acceptors (Lipinski definition) is 6. The van der Waals surface area contributed by atoms with E-state index in [0.29, 0.717) is 17.0 Å². The first kappa shape index (κ1) is 17.8. The lowest BCUT2D eigenvalue weighted by molar-refractivity contribution is 0.356. The van der Waals surface area contributed by atoms with Gasteiger partial charge in [0.2, 0.25) is 9.84 Å². The Morgan fingerprint density at radius 1 is 0.963 bits per heavy atom. The van der Waals surface area contributed by atoms with Crippen LogP contribution in [-0.2, 0) is 9.84 Å². The highest BCUT2D eigenvalue weighted by molar-refractivity contribution is 7.91. The van der Waals surface area contributed by atoms with Crippen LogP contribution in [-0.4, -0.2) is 27.6 Å². The van der Waals surface area contributed by atoms with Gasteiger partial charge < -0.3 is 9.47 Å². The van der Waals surface area contributed by atoms with E-state index in [-0.39, 0.29) is 9.79 Å². The number of rotatable bonds is 4. The quantitative estimate of drug-likeness (QED) is 0.501. The maximum Gasteiger partial charge on any atom is 0.208 e. The summed E-state index contributed by atoms with van der Waals surface area (Å²) in [5.41, 5.74) is 0.487. The van der Waals surface area contributed by atoms with Crippen LogP contribution < -0.4 is 9.47 Å². The van der Waals surface area contributed by atoms with Crippen LogP contribution in [0.4, 0.5) is 0 Å². The smallest absolute Gasteiger partial charge is 0.208 e. The summed E-state index contributed by atoms with van der Waals surface area (Å²) in [6.07, 6.45) is 0. The highest BCUT2D eigenvalue weighted by Gasteiger charge is 2.24. The maximum absolute atomic E-state index is 13.3. The first-order chi connectivity index (χ1) is 13.0. The van der Waals surface area contributed by atoms with Crippen LogP contribution >= 0.6 is 11.3 Å². The van der Waals surface area contributed by atoms with E-state index < -0.39 is 9.84 Å². The standard InChI is InChI=1S/C20H17NO4S2/c1-12-21-19-18(27(22,23)14-7-5-4-6-8-14)10-13-9-16(24-2)17(25-3)11-15(13)20(19)26-12/h4-11H,1-3H3. The third kappa shape index (κ3) is 2.83. The molecule has 0 spiro atoms. The van der Waals surface area contributed by atoms with E-state index in [2.05, 4.69) is 4.98 Å². The van der Waals surface area contributed by atoms with Gasteiger partial charge in [0.1, 0.15) is 5.52 Å². The molecule has 0 atom stereocenters. The molecule has 0 fully saturated rings. The summed E-state index contributed by atoms with van der Waals surface area (Å²) in [5, 5.41) is 2.45. The normalized spacial score (nSPS) is 11.8. The van der Waals surface area contributed by atoms with Crippen molar-refractivity contribution in [3.8, 4) is 11.5 Å². The first-order valence-corrected chi connectivity index (χ1v) is 10.5. The molecular weight excluding hydrogens is 382 g/mol. The average Bonchev–Trinajstić information content (AvgIpc) is 3.08. The Balaban J connectivity index is 2.12. The third-order valence-electron chi connectivity index (χ3n) is 4.40. The Morgan fingerprint density at radius 3 is 2.30 bits per heavy atom. The molecule has 0 unspecified atom stereocenters. The number of thiazole rings is 1. The number of methoxy groups -OCH3 is 2. The molecule has 0 bridgehead atoms. The fraction of sp³-hybridized carbons (Fsp3) is 0.150. The number of aryl methyl sites for hydroxylation is 1. The Labute approximate surface area is 161 Å². The van der Waals surface area contributed by atoms with Crippen molar-refractivity contribution < 1.29 is 17.9 Å². The van der Waals surface area contributed by atoms with Crippen LogP contribution in [0.5, 0.6) is 11.5 Å². The number of ether oxygens (including phenoxy) is 2. The molecular formula is C20H17NO4S2. The van der Waals surface area contributed by atoms with Gasteiger partial charge in [-0.2, -0.15) is 0 Å². The van der Waals surface area contributed by atoms with E-state index in [1.54, 1.807) is 56.7 Å². The summed E-state index contributed by atoms with van der Waals surface area (Å²) in [6, 6.07) is 13.7. The van der Waals surface area contributed by atoms with Gasteiger partial charge in [-0.1, -0.05) is 18.2 Å². The van der Waals surface area contributed by atoms with Crippen molar-refractivity contribution in [1.29, 1.82) is 0 Å². The number of benzene rings is 3. The fourth-order valence-corrected chi connectivity index (χ4v) is 5.62. The molecule has 138 valence electrons. The van der Waals surface area contributed by atoms with Gasteiger partial charge in [-0.3, -0.25) is 0 Å². The molecule has 4 aromatic rings. The van der Waals surface area contributed by atoms with Crippen molar-refractivity contribution in [3.05, 3.63) is 53.5 Å². The van der Waals surface area contributed by atoms with Crippen LogP contribution in [0.2, 0.25) is 0 Å². The first-order valence-electron chi connectivity index (χ1n) is 8.21. The molecule has 0 amide bonds. The Morgan fingerprint density at radius 2 is 1.63 bits per heavy atom. The van der Waals surface area contributed by atoms with Gasteiger partial charge in [-0.15, -0.1) is 11.3 Å².